The number of hydrogen-bond donors (Lipinski definition) is 2. The molecule has 1 aliphatic rings. The highest BCUT2D eigenvalue weighted by Crippen LogP contribution is 2.32. The number of phenolic OH excluding ortho intramolecular Hbond substituents is 1. The number of pyridine rings is 1. The van der Waals surface area contributed by atoms with Crippen molar-refractivity contribution in [3.63, 3.8) is 0 Å². The van der Waals surface area contributed by atoms with E-state index in [2.05, 4.69) is 20.5 Å². The van der Waals surface area contributed by atoms with E-state index in [4.69, 9.17) is 0 Å². The van der Waals surface area contributed by atoms with Crippen LogP contribution in [0.3, 0.4) is 0 Å². The molecule has 0 amide bonds. The summed E-state index contributed by atoms with van der Waals surface area (Å²) in [5, 5.41) is 21.6. The van der Waals surface area contributed by atoms with Gasteiger partial charge in [0.15, 0.2) is 5.95 Å². The van der Waals surface area contributed by atoms with E-state index in [-0.39, 0.29) is 5.75 Å². The van der Waals surface area contributed by atoms with Crippen molar-refractivity contribution in [2.24, 2.45) is 7.05 Å². The van der Waals surface area contributed by atoms with Gasteiger partial charge < -0.3 is 10.4 Å². The molecule has 1 fully saturated rings. The van der Waals surface area contributed by atoms with E-state index in [0.29, 0.717) is 34.4 Å². The molecule has 2 heterocycles. The topological polar surface area (TPSA) is 92.9 Å². The largest absolute Gasteiger partial charge is 0.507 e. The molecule has 4 rings (SSSR count). The maximum atomic E-state index is 13.8. The van der Waals surface area contributed by atoms with Gasteiger partial charge in [-0.1, -0.05) is 6.07 Å². The minimum absolute atomic E-state index is 0.0532. The van der Waals surface area contributed by atoms with Crippen LogP contribution in [0.5, 0.6) is 5.75 Å². The summed E-state index contributed by atoms with van der Waals surface area (Å²) in [7, 11) is 1.36. The van der Waals surface area contributed by atoms with Gasteiger partial charge in [0, 0.05) is 24.7 Å². The van der Waals surface area contributed by atoms with Gasteiger partial charge in [0.25, 0.3) is 5.56 Å². The first-order valence-electron chi connectivity index (χ1n) is 8.18. The summed E-state index contributed by atoms with van der Waals surface area (Å²) >= 11 is 0. The van der Waals surface area contributed by atoms with E-state index in [1.54, 1.807) is 12.1 Å². The first kappa shape index (κ1) is 16.2. The molecule has 0 atom stereocenters. The molecule has 0 unspecified atom stereocenters. The summed E-state index contributed by atoms with van der Waals surface area (Å²) in [6, 6.07) is 7.77. The third kappa shape index (κ3) is 3.13. The standard InChI is InChI=1S/C18H16FN5O2/c1-24-16(19)7-11(8-17(24)26)10-2-5-13(15(25)6-10)14-9-20-18(23-22-14)21-12-3-4-12/h2,5-9,12,25H,3-4H2,1H3,(H,20,21,23). The Kier molecular flexibility index (Phi) is 3.87. The van der Waals surface area contributed by atoms with Crippen molar-refractivity contribution in [3.8, 4) is 28.1 Å². The minimum Gasteiger partial charge on any atom is -0.507 e. The van der Waals surface area contributed by atoms with Crippen molar-refractivity contribution < 1.29 is 9.50 Å². The molecule has 0 radical (unpaired) electrons. The van der Waals surface area contributed by atoms with Crippen molar-refractivity contribution in [1.29, 1.82) is 0 Å². The smallest absolute Gasteiger partial charge is 0.253 e. The van der Waals surface area contributed by atoms with Crippen LogP contribution in [-0.2, 0) is 7.05 Å². The molecule has 7 nitrogen and oxygen atoms in total. The lowest BCUT2D eigenvalue weighted by Crippen LogP contribution is -2.18. The molecule has 1 aromatic carbocycles. The predicted molar refractivity (Wildman–Crippen MR) is 94.2 cm³/mol. The number of anilines is 1. The van der Waals surface area contributed by atoms with Crippen LogP contribution < -0.4 is 10.9 Å². The zero-order valence-corrected chi connectivity index (χ0v) is 14.0. The van der Waals surface area contributed by atoms with Gasteiger partial charge in [0.2, 0.25) is 5.95 Å². The SMILES string of the molecule is Cn1c(F)cc(-c2ccc(-c3cnc(NC4CC4)nn3)c(O)c2)cc1=O. The Hall–Kier alpha value is -3.29. The monoisotopic (exact) mass is 353 g/mol. The highest BCUT2D eigenvalue weighted by molar-refractivity contribution is 5.73. The first-order valence-corrected chi connectivity index (χ1v) is 8.18. The van der Waals surface area contributed by atoms with Crippen LogP contribution in [0, 0.1) is 5.95 Å². The number of phenols is 1. The molecule has 1 aliphatic carbocycles. The molecule has 8 heteroatoms. The second-order valence-electron chi connectivity index (χ2n) is 6.28. The van der Waals surface area contributed by atoms with Gasteiger partial charge in [-0.25, -0.2) is 4.98 Å². The van der Waals surface area contributed by atoms with Crippen molar-refractivity contribution in [2.45, 2.75) is 18.9 Å². The molecule has 3 aromatic rings. The zero-order valence-electron chi connectivity index (χ0n) is 14.0. The molecule has 26 heavy (non-hydrogen) atoms. The lowest BCUT2D eigenvalue weighted by molar-refractivity contribution is 0.477. The summed E-state index contributed by atoms with van der Waals surface area (Å²) in [5.41, 5.74) is 1.33. The fourth-order valence-electron chi connectivity index (χ4n) is 2.57. The lowest BCUT2D eigenvalue weighted by Gasteiger charge is -2.08. The van der Waals surface area contributed by atoms with Crippen molar-refractivity contribution >= 4 is 5.95 Å². The molecule has 0 aliphatic heterocycles. The molecule has 132 valence electrons. The Labute approximate surface area is 148 Å². The highest BCUT2D eigenvalue weighted by Gasteiger charge is 2.22. The van der Waals surface area contributed by atoms with Crippen molar-refractivity contribution in [1.82, 2.24) is 19.7 Å². The Bertz CT molecular complexity index is 1030. The summed E-state index contributed by atoms with van der Waals surface area (Å²) in [6.45, 7) is 0. The van der Waals surface area contributed by atoms with Gasteiger partial charge >= 0.3 is 0 Å². The van der Waals surface area contributed by atoms with Crippen molar-refractivity contribution in [2.75, 3.05) is 5.32 Å². The third-order valence-electron chi connectivity index (χ3n) is 4.28. The van der Waals surface area contributed by atoms with Crippen LogP contribution >= 0.6 is 0 Å². The molecular weight excluding hydrogens is 337 g/mol. The Morgan fingerprint density at radius 1 is 1.19 bits per heavy atom. The molecule has 2 N–H and O–H groups in total. The van der Waals surface area contributed by atoms with Crippen LogP contribution in [0.25, 0.3) is 22.4 Å². The Morgan fingerprint density at radius 2 is 2.00 bits per heavy atom. The number of halogens is 1. The highest BCUT2D eigenvalue weighted by atomic mass is 19.1. The quantitative estimate of drug-likeness (QED) is 0.699. The molecular formula is C18H16FN5O2. The molecule has 0 spiro atoms. The molecule has 2 aromatic heterocycles. The van der Waals surface area contributed by atoms with Gasteiger partial charge in [-0.2, -0.15) is 4.39 Å². The Morgan fingerprint density at radius 3 is 2.62 bits per heavy atom. The summed E-state index contributed by atoms with van der Waals surface area (Å²) in [4.78, 5) is 15.9. The minimum atomic E-state index is -0.648. The molecule has 1 saturated carbocycles. The predicted octanol–water partition coefficient (Wildman–Crippen LogP) is 2.32. The molecule has 0 bridgehead atoms. The zero-order chi connectivity index (χ0) is 18.3. The van der Waals surface area contributed by atoms with Crippen LogP contribution in [-0.4, -0.2) is 30.9 Å². The Balaban J connectivity index is 1.64. The summed E-state index contributed by atoms with van der Waals surface area (Å²) in [5.74, 6) is -0.240. The summed E-state index contributed by atoms with van der Waals surface area (Å²) < 4.78 is 14.7. The van der Waals surface area contributed by atoms with E-state index in [9.17, 15) is 14.3 Å². The number of benzene rings is 1. The fraction of sp³-hybridized carbons (Fsp3) is 0.222. The number of hydrogen-bond acceptors (Lipinski definition) is 6. The average molecular weight is 353 g/mol. The van der Waals surface area contributed by atoms with Gasteiger partial charge in [0.05, 0.1) is 6.20 Å². The van der Waals surface area contributed by atoms with Crippen LogP contribution in [0.2, 0.25) is 0 Å². The van der Waals surface area contributed by atoms with E-state index < -0.39 is 11.5 Å². The number of rotatable bonds is 4. The third-order valence-corrected chi connectivity index (χ3v) is 4.28. The van der Waals surface area contributed by atoms with E-state index in [0.717, 1.165) is 17.4 Å². The van der Waals surface area contributed by atoms with Gasteiger partial charge in [0.1, 0.15) is 11.4 Å². The molecule has 0 saturated heterocycles. The number of aromatic nitrogens is 4. The maximum Gasteiger partial charge on any atom is 0.253 e. The van der Waals surface area contributed by atoms with E-state index in [1.807, 2.05) is 0 Å². The summed E-state index contributed by atoms with van der Waals surface area (Å²) in [6.07, 6.45) is 3.75. The van der Waals surface area contributed by atoms with E-state index in [1.165, 1.54) is 31.4 Å². The second kappa shape index (κ2) is 6.21. The van der Waals surface area contributed by atoms with Crippen molar-refractivity contribution in [3.05, 3.63) is 52.8 Å². The number of nitrogens with zero attached hydrogens (tertiary/aromatic N) is 4. The van der Waals surface area contributed by atoms with Crippen LogP contribution in [0.1, 0.15) is 12.8 Å². The average Bonchev–Trinajstić information content (AvgIpc) is 3.44. The maximum absolute atomic E-state index is 13.8. The van der Waals surface area contributed by atoms with E-state index >= 15 is 0 Å². The lowest BCUT2D eigenvalue weighted by atomic mass is 10.0. The van der Waals surface area contributed by atoms with Crippen LogP contribution in [0.4, 0.5) is 10.3 Å². The van der Waals surface area contributed by atoms with Gasteiger partial charge in [-0.3, -0.25) is 9.36 Å². The van der Waals surface area contributed by atoms with Crippen LogP contribution in [0.15, 0.2) is 41.3 Å². The number of aromatic hydroxyl groups is 1. The normalized spacial score (nSPS) is 13.6. The second-order valence-corrected chi connectivity index (χ2v) is 6.28. The number of nitrogens with one attached hydrogen (secondary N) is 1. The first-order chi connectivity index (χ1) is 12.5. The fourth-order valence-corrected chi connectivity index (χ4v) is 2.57. The van der Waals surface area contributed by atoms with Gasteiger partial charge in [-0.05, 0) is 42.2 Å². The van der Waals surface area contributed by atoms with Gasteiger partial charge in [-0.15, -0.1) is 10.2 Å².